The van der Waals surface area contributed by atoms with Gasteiger partial charge in [-0.15, -0.1) is 0 Å². The highest BCUT2D eigenvalue weighted by Crippen LogP contribution is 2.66. The average molecular weight is 298 g/mol. The summed E-state index contributed by atoms with van der Waals surface area (Å²) in [5, 5.41) is 7.42. The van der Waals surface area contributed by atoms with Crippen LogP contribution < -0.4 is 0 Å². The molecule has 0 heterocycles. The summed E-state index contributed by atoms with van der Waals surface area (Å²) in [7, 11) is 0. The van der Waals surface area contributed by atoms with E-state index in [0.717, 1.165) is 19.3 Å². The average Bonchev–Trinajstić information content (AvgIpc) is 2.60. The number of esters is 1. The SMILES string of the molecule is CC(=O)O.CC(C)CC(=O)O[C@H]1C[C@H]2CC[C@@]1(C)C2(C)C. The maximum Gasteiger partial charge on any atom is 0.306 e. The van der Waals surface area contributed by atoms with Crippen LogP contribution >= 0.6 is 0 Å². The monoisotopic (exact) mass is 298 g/mol. The Kier molecular flexibility index (Phi) is 5.46. The Morgan fingerprint density at radius 3 is 2.14 bits per heavy atom. The first-order chi connectivity index (χ1) is 9.50. The van der Waals surface area contributed by atoms with Crippen molar-refractivity contribution in [3.63, 3.8) is 0 Å². The number of carbonyl (C=O) groups excluding carboxylic acids is 1. The van der Waals surface area contributed by atoms with E-state index in [-0.39, 0.29) is 17.5 Å². The van der Waals surface area contributed by atoms with Crippen molar-refractivity contribution in [3.05, 3.63) is 0 Å². The molecule has 4 nitrogen and oxygen atoms in total. The zero-order valence-corrected chi connectivity index (χ0v) is 14.2. The first-order valence-electron chi connectivity index (χ1n) is 7.89. The Bertz CT molecular complexity index is 396. The molecule has 0 radical (unpaired) electrons. The molecular formula is C17H30O4. The standard InChI is InChI=1S/C15H26O2.C2H4O2/c1-10(2)8-13(16)17-12-9-11-6-7-15(12,5)14(11,3)4;1-2(3)4/h10-12H,6-9H2,1-5H3;1H3,(H,3,4)/t11-,12+,15-;/m1./s1. The van der Waals surface area contributed by atoms with E-state index < -0.39 is 5.97 Å². The van der Waals surface area contributed by atoms with Gasteiger partial charge in [-0.05, 0) is 36.5 Å². The Labute approximate surface area is 128 Å². The number of fused-ring (bicyclic) bond motifs is 2. The van der Waals surface area contributed by atoms with Gasteiger partial charge in [0.2, 0.25) is 0 Å². The van der Waals surface area contributed by atoms with Gasteiger partial charge in [0.25, 0.3) is 5.97 Å². The van der Waals surface area contributed by atoms with E-state index >= 15 is 0 Å². The van der Waals surface area contributed by atoms with Crippen molar-refractivity contribution >= 4 is 11.9 Å². The number of hydrogen-bond acceptors (Lipinski definition) is 3. The maximum absolute atomic E-state index is 11.8. The normalized spacial score (nSPS) is 32.5. The number of hydrogen-bond donors (Lipinski definition) is 1. The van der Waals surface area contributed by atoms with Gasteiger partial charge in [0.1, 0.15) is 6.10 Å². The van der Waals surface area contributed by atoms with E-state index in [1.165, 1.54) is 12.8 Å². The van der Waals surface area contributed by atoms with Crippen LogP contribution in [-0.2, 0) is 14.3 Å². The lowest BCUT2D eigenvalue weighted by Crippen LogP contribution is -2.38. The molecule has 0 aromatic carbocycles. The van der Waals surface area contributed by atoms with E-state index in [0.29, 0.717) is 17.8 Å². The van der Waals surface area contributed by atoms with Gasteiger partial charge in [0.15, 0.2) is 0 Å². The highest BCUT2D eigenvalue weighted by molar-refractivity contribution is 5.70. The molecule has 122 valence electrons. The van der Waals surface area contributed by atoms with Crippen molar-refractivity contribution in [2.24, 2.45) is 22.7 Å². The van der Waals surface area contributed by atoms with E-state index in [2.05, 4.69) is 34.6 Å². The Balaban J connectivity index is 0.000000491. The fourth-order valence-electron chi connectivity index (χ4n) is 3.85. The molecule has 2 bridgehead atoms. The van der Waals surface area contributed by atoms with Crippen molar-refractivity contribution in [2.75, 3.05) is 0 Å². The number of carboxylic acids is 1. The summed E-state index contributed by atoms with van der Waals surface area (Å²) in [6.07, 6.45) is 4.30. The van der Waals surface area contributed by atoms with Crippen molar-refractivity contribution in [1.29, 1.82) is 0 Å². The Hall–Kier alpha value is -1.06. The lowest BCUT2D eigenvalue weighted by molar-refractivity contribution is -0.157. The molecule has 2 aliphatic rings. The lowest BCUT2D eigenvalue weighted by Gasteiger charge is -2.38. The number of ether oxygens (including phenoxy) is 1. The Morgan fingerprint density at radius 1 is 1.29 bits per heavy atom. The van der Waals surface area contributed by atoms with E-state index in [4.69, 9.17) is 14.6 Å². The molecule has 0 unspecified atom stereocenters. The van der Waals surface area contributed by atoms with Crippen molar-refractivity contribution in [3.8, 4) is 0 Å². The summed E-state index contributed by atoms with van der Waals surface area (Å²) in [5.74, 6) is 0.292. The minimum atomic E-state index is -0.833. The first kappa shape index (κ1) is 18.0. The molecule has 0 saturated heterocycles. The maximum atomic E-state index is 11.8. The van der Waals surface area contributed by atoms with E-state index in [9.17, 15) is 4.79 Å². The van der Waals surface area contributed by atoms with Crippen molar-refractivity contribution in [1.82, 2.24) is 0 Å². The quantitative estimate of drug-likeness (QED) is 0.803. The minimum Gasteiger partial charge on any atom is -0.481 e. The van der Waals surface area contributed by atoms with E-state index in [1.807, 2.05) is 0 Å². The molecule has 4 heteroatoms. The molecule has 2 saturated carbocycles. The third-order valence-electron chi connectivity index (χ3n) is 5.56. The van der Waals surface area contributed by atoms with Crippen LogP contribution in [0.4, 0.5) is 0 Å². The molecule has 2 fully saturated rings. The van der Waals surface area contributed by atoms with Crippen LogP contribution in [0.1, 0.15) is 67.2 Å². The second kappa shape index (κ2) is 6.37. The summed E-state index contributed by atoms with van der Waals surface area (Å²) in [6, 6.07) is 0. The minimum absolute atomic E-state index is 0.00502. The molecule has 1 N–H and O–H groups in total. The number of carboxylic acid groups (broad SMARTS) is 1. The molecule has 0 spiro atoms. The van der Waals surface area contributed by atoms with Crippen LogP contribution in [0.2, 0.25) is 0 Å². The van der Waals surface area contributed by atoms with Crippen LogP contribution in [0.25, 0.3) is 0 Å². The van der Waals surface area contributed by atoms with Gasteiger partial charge in [0.05, 0.1) is 0 Å². The highest BCUT2D eigenvalue weighted by Gasteiger charge is 2.62. The van der Waals surface area contributed by atoms with Crippen LogP contribution in [0.3, 0.4) is 0 Å². The predicted octanol–water partition coefficient (Wildman–Crippen LogP) is 3.88. The molecular weight excluding hydrogens is 268 g/mol. The number of rotatable bonds is 3. The van der Waals surface area contributed by atoms with Crippen LogP contribution in [-0.4, -0.2) is 23.1 Å². The lowest BCUT2D eigenvalue weighted by atomic mass is 9.70. The summed E-state index contributed by atoms with van der Waals surface area (Å²) in [6.45, 7) is 12.2. The fraction of sp³-hybridized carbons (Fsp3) is 0.882. The summed E-state index contributed by atoms with van der Waals surface area (Å²) >= 11 is 0. The molecule has 0 amide bonds. The molecule has 0 aromatic heterocycles. The van der Waals surface area contributed by atoms with Crippen LogP contribution in [0.5, 0.6) is 0 Å². The van der Waals surface area contributed by atoms with Crippen molar-refractivity contribution in [2.45, 2.75) is 73.3 Å². The topological polar surface area (TPSA) is 63.6 Å². The molecule has 0 aliphatic heterocycles. The molecule has 0 aromatic rings. The fourth-order valence-corrected chi connectivity index (χ4v) is 3.85. The largest absolute Gasteiger partial charge is 0.481 e. The van der Waals surface area contributed by atoms with Gasteiger partial charge in [-0.1, -0.05) is 34.6 Å². The van der Waals surface area contributed by atoms with Gasteiger partial charge in [-0.3, -0.25) is 9.59 Å². The predicted molar refractivity (Wildman–Crippen MR) is 81.9 cm³/mol. The molecule has 2 rings (SSSR count). The van der Waals surface area contributed by atoms with Gasteiger partial charge in [-0.25, -0.2) is 0 Å². The highest BCUT2D eigenvalue weighted by atomic mass is 16.5. The summed E-state index contributed by atoms with van der Waals surface area (Å²) in [5.41, 5.74) is 0.528. The van der Waals surface area contributed by atoms with Gasteiger partial charge >= 0.3 is 5.97 Å². The van der Waals surface area contributed by atoms with E-state index in [1.54, 1.807) is 0 Å². The third-order valence-corrected chi connectivity index (χ3v) is 5.56. The van der Waals surface area contributed by atoms with Crippen LogP contribution in [0, 0.1) is 22.7 Å². The van der Waals surface area contributed by atoms with Gasteiger partial charge in [0, 0.05) is 18.8 Å². The van der Waals surface area contributed by atoms with Crippen molar-refractivity contribution < 1.29 is 19.4 Å². The zero-order valence-electron chi connectivity index (χ0n) is 14.2. The zero-order chi connectivity index (χ0) is 16.4. The van der Waals surface area contributed by atoms with Gasteiger partial charge < -0.3 is 9.84 Å². The number of carbonyl (C=O) groups is 2. The Morgan fingerprint density at radius 2 is 1.81 bits per heavy atom. The van der Waals surface area contributed by atoms with Gasteiger partial charge in [-0.2, -0.15) is 0 Å². The second-order valence-corrected chi connectivity index (χ2v) is 7.71. The second-order valence-electron chi connectivity index (χ2n) is 7.71. The number of aliphatic carboxylic acids is 1. The molecule has 3 atom stereocenters. The summed E-state index contributed by atoms with van der Waals surface area (Å²) in [4.78, 5) is 20.8. The molecule has 21 heavy (non-hydrogen) atoms. The third kappa shape index (κ3) is 3.78. The first-order valence-corrected chi connectivity index (χ1v) is 7.89. The molecule has 2 aliphatic carbocycles. The summed E-state index contributed by atoms with van der Waals surface area (Å²) < 4.78 is 5.76. The van der Waals surface area contributed by atoms with Crippen LogP contribution in [0.15, 0.2) is 0 Å². The smallest absolute Gasteiger partial charge is 0.306 e.